The quantitative estimate of drug-likeness (QED) is 0.456. The molecule has 3 heterocycles. The first-order valence-corrected chi connectivity index (χ1v) is 13.0. The Morgan fingerprint density at radius 1 is 1.03 bits per heavy atom. The minimum absolute atomic E-state index is 0.0450. The number of piperidine rings is 2. The number of aromatic amines is 1. The number of rotatable bonds is 7. The van der Waals surface area contributed by atoms with Gasteiger partial charge in [-0.3, -0.25) is 9.59 Å². The van der Waals surface area contributed by atoms with Crippen molar-refractivity contribution in [2.75, 3.05) is 33.3 Å². The van der Waals surface area contributed by atoms with E-state index in [9.17, 15) is 14.0 Å². The Bertz CT molecular complexity index is 1230. The van der Waals surface area contributed by atoms with Crippen molar-refractivity contribution in [2.24, 2.45) is 5.92 Å². The van der Waals surface area contributed by atoms with Gasteiger partial charge in [0.2, 0.25) is 0 Å². The number of carbonyl (C=O) groups excluding carboxylic acids is 2. The normalized spacial score (nSPS) is 19.5. The molecule has 1 aromatic heterocycles. The zero-order chi connectivity index (χ0) is 25.1. The number of nitrogens with zero attached hydrogens (tertiary/aromatic N) is 2. The van der Waals surface area contributed by atoms with Gasteiger partial charge in [-0.2, -0.15) is 0 Å². The third-order valence-electron chi connectivity index (χ3n) is 7.79. The van der Waals surface area contributed by atoms with Gasteiger partial charge in [0, 0.05) is 41.5 Å². The van der Waals surface area contributed by atoms with Gasteiger partial charge in [-0.05, 0) is 88.0 Å². The van der Waals surface area contributed by atoms with Crippen molar-refractivity contribution in [3.63, 3.8) is 0 Å². The number of aromatic nitrogens is 1. The van der Waals surface area contributed by atoms with Gasteiger partial charge < -0.3 is 19.5 Å². The molecule has 190 valence electrons. The van der Waals surface area contributed by atoms with Crippen molar-refractivity contribution in [2.45, 2.75) is 44.6 Å². The molecule has 1 amide bonds. The van der Waals surface area contributed by atoms with Gasteiger partial charge in [-0.15, -0.1) is 0 Å². The fourth-order valence-electron chi connectivity index (χ4n) is 5.70. The Morgan fingerprint density at radius 3 is 2.64 bits per heavy atom. The second-order valence-corrected chi connectivity index (χ2v) is 10.1. The van der Waals surface area contributed by atoms with Crippen molar-refractivity contribution in [1.82, 2.24) is 14.8 Å². The molecular formula is C29H34FN3O3. The number of Topliss-reactive ketones (excluding diaryl/α,β-unsaturated/α-hetero) is 1. The van der Waals surface area contributed by atoms with Gasteiger partial charge in [-0.25, -0.2) is 4.39 Å². The lowest BCUT2D eigenvalue weighted by Gasteiger charge is -2.38. The van der Waals surface area contributed by atoms with E-state index in [1.807, 2.05) is 29.2 Å². The van der Waals surface area contributed by atoms with Gasteiger partial charge in [-0.1, -0.05) is 12.1 Å². The highest BCUT2D eigenvalue weighted by Gasteiger charge is 2.30. The van der Waals surface area contributed by atoms with Crippen molar-refractivity contribution in [3.05, 3.63) is 65.6 Å². The molecule has 0 radical (unpaired) electrons. The lowest BCUT2D eigenvalue weighted by molar-refractivity contribution is 0.0563. The summed E-state index contributed by atoms with van der Waals surface area (Å²) in [4.78, 5) is 34.0. The van der Waals surface area contributed by atoms with Crippen LogP contribution >= 0.6 is 0 Å². The maximum absolute atomic E-state index is 13.5. The number of halogens is 1. The highest BCUT2D eigenvalue weighted by Crippen LogP contribution is 2.27. The fourth-order valence-corrected chi connectivity index (χ4v) is 5.70. The number of benzene rings is 2. The first-order valence-electron chi connectivity index (χ1n) is 13.0. The van der Waals surface area contributed by atoms with Crippen molar-refractivity contribution in [3.8, 4) is 5.75 Å². The second-order valence-electron chi connectivity index (χ2n) is 10.1. The zero-order valence-corrected chi connectivity index (χ0v) is 20.8. The number of ketones is 1. The minimum Gasteiger partial charge on any atom is -0.497 e. The molecule has 5 rings (SSSR count). The number of nitrogens with one attached hydrogen (secondary N) is 1. The van der Waals surface area contributed by atoms with E-state index >= 15 is 0 Å². The number of methoxy groups -OCH3 is 1. The van der Waals surface area contributed by atoms with E-state index in [-0.39, 0.29) is 29.5 Å². The molecule has 1 atom stereocenters. The molecule has 2 fully saturated rings. The van der Waals surface area contributed by atoms with Crippen molar-refractivity contribution >= 4 is 22.6 Å². The van der Waals surface area contributed by atoms with E-state index in [0.717, 1.165) is 81.4 Å². The smallest absolute Gasteiger partial charge is 0.270 e. The predicted octanol–water partition coefficient (Wildman–Crippen LogP) is 5.30. The number of ether oxygens (including phenoxy) is 1. The van der Waals surface area contributed by atoms with Crippen LogP contribution in [-0.4, -0.2) is 65.8 Å². The number of hydrogen-bond acceptors (Lipinski definition) is 4. The number of likely N-dealkylation sites (tertiary alicyclic amines) is 2. The molecule has 6 nitrogen and oxygen atoms in total. The summed E-state index contributed by atoms with van der Waals surface area (Å²) in [6.07, 6.45) is 5.71. The van der Waals surface area contributed by atoms with Gasteiger partial charge in [0.25, 0.3) is 5.91 Å². The fraction of sp³-hybridized carbons (Fsp3) is 0.448. The van der Waals surface area contributed by atoms with Crippen LogP contribution in [0.4, 0.5) is 4.39 Å². The highest BCUT2D eigenvalue weighted by atomic mass is 19.1. The van der Waals surface area contributed by atoms with Crippen LogP contribution in [0, 0.1) is 11.7 Å². The lowest BCUT2D eigenvalue weighted by atomic mass is 9.88. The van der Waals surface area contributed by atoms with Crippen LogP contribution in [0.15, 0.2) is 48.5 Å². The van der Waals surface area contributed by atoms with Crippen LogP contribution in [-0.2, 0) is 0 Å². The van der Waals surface area contributed by atoms with Crippen LogP contribution < -0.4 is 4.74 Å². The summed E-state index contributed by atoms with van der Waals surface area (Å²) in [5.74, 6) is 0.481. The third kappa shape index (κ3) is 5.31. The van der Waals surface area contributed by atoms with E-state index in [1.54, 1.807) is 19.2 Å². The molecule has 0 spiro atoms. The topological polar surface area (TPSA) is 65.6 Å². The Labute approximate surface area is 211 Å². The molecule has 0 unspecified atom stereocenters. The molecule has 2 aliphatic heterocycles. The molecule has 2 aromatic carbocycles. The van der Waals surface area contributed by atoms with E-state index in [0.29, 0.717) is 11.3 Å². The Kier molecular flexibility index (Phi) is 7.37. The summed E-state index contributed by atoms with van der Waals surface area (Å²) in [7, 11) is 1.64. The standard InChI is InChI=1S/C29H34FN3O3/c1-36-25-8-9-26-22(18-25)19-27(31-26)29(35)33-13-3-2-7-24(33)12-16-32-14-10-20(11-15-32)28(34)21-5-4-6-23(30)17-21/h4-6,8-9,17-20,24,31H,2-3,7,10-16H2,1H3/t24-/m0/s1. The maximum atomic E-state index is 13.5. The molecule has 36 heavy (non-hydrogen) atoms. The predicted molar refractivity (Wildman–Crippen MR) is 138 cm³/mol. The van der Waals surface area contributed by atoms with E-state index < -0.39 is 0 Å². The summed E-state index contributed by atoms with van der Waals surface area (Å²) < 4.78 is 18.8. The monoisotopic (exact) mass is 491 g/mol. The van der Waals surface area contributed by atoms with Gasteiger partial charge in [0.1, 0.15) is 17.3 Å². The van der Waals surface area contributed by atoms with Gasteiger partial charge >= 0.3 is 0 Å². The van der Waals surface area contributed by atoms with E-state index in [4.69, 9.17) is 4.74 Å². The van der Waals surface area contributed by atoms with Crippen LogP contribution in [0.5, 0.6) is 5.75 Å². The van der Waals surface area contributed by atoms with Crippen LogP contribution in [0.25, 0.3) is 10.9 Å². The van der Waals surface area contributed by atoms with E-state index in [2.05, 4.69) is 9.88 Å². The van der Waals surface area contributed by atoms with Crippen LogP contribution in [0.3, 0.4) is 0 Å². The zero-order valence-electron chi connectivity index (χ0n) is 20.8. The molecule has 2 saturated heterocycles. The minimum atomic E-state index is -0.364. The number of amides is 1. The molecule has 2 aliphatic rings. The van der Waals surface area contributed by atoms with Crippen molar-refractivity contribution in [1.29, 1.82) is 0 Å². The number of carbonyl (C=O) groups is 2. The van der Waals surface area contributed by atoms with Gasteiger partial charge in [0.05, 0.1) is 7.11 Å². The Morgan fingerprint density at radius 2 is 1.86 bits per heavy atom. The number of hydrogen-bond donors (Lipinski definition) is 1. The summed E-state index contributed by atoms with van der Waals surface area (Å²) in [5, 5.41) is 0.974. The largest absolute Gasteiger partial charge is 0.497 e. The molecule has 0 bridgehead atoms. The molecular weight excluding hydrogens is 457 g/mol. The molecule has 1 N–H and O–H groups in total. The summed E-state index contributed by atoms with van der Waals surface area (Å²) in [6, 6.07) is 13.9. The average molecular weight is 492 g/mol. The number of fused-ring (bicyclic) bond motifs is 1. The number of H-pyrrole nitrogens is 1. The summed E-state index contributed by atoms with van der Waals surface area (Å²) in [6.45, 7) is 3.41. The van der Waals surface area contributed by atoms with Crippen LogP contribution in [0.1, 0.15) is 59.4 Å². The first-order chi connectivity index (χ1) is 17.5. The van der Waals surface area contributed by atoms with Crippen LogP contribution in [0.2, 0.25) is 0 Å². The Hall–Kier alpha value is -3.19. The molecule has 7 heteroatoms. The highest BCUT2D eigenvalue weighted by molar-refractivity contribution is 5.99. The molecule has 0 aliphatic carbocycles. The van der Waals surface area contributed by atoms with E-state index in [1.165, 1.54) is 12.1 Å². The summed E-state index contributed by atoms with van der Waals surface area (Å²) in [5.41, 5.74) is 2.03. The second kappa shape index (κ2) is 10.8. The average Bonchev–Trinajstić information content (AvgIpc) is 3.35. The maximum Gasteiger partial charge on any atom is 0.270 e. The molecule has 0 saturated carbocycles. The lowest BCUT2D eigenvalue weighted by Crippen LogP contribution is -2.46. The third-order valence-corrected chi connectivity index (χ3v) is 7.79. The summed E-state index contributed by atoms with van der Waals surface area (Å²) >= 11 is 0. The molecule has 3 aromatic rings. The van der Waals surface area contributed by atoms with Crippen molar-refractivity contribution < 1.29 is 18.7 Å². The Balaban J connectivity index is 1.17. The SMILES string of the molecule is COc1ccc2[nH]c(C(=O)N3CCCC[C@H]3CCN3CCC(C(=O)c4cccc(F)c4)CC3)cc2c1. The van der Waals surface area contributed by atoms with Gasteiger partial charge in [0.15, 0.2) is 5.78 Å². The first kappa shape index (κ1) is 24.5.